The molecule has 0 saturated carbocycles. The molecule has 0 fully saturated rings. The molecule has 0 bridgehead atoms. The summed E-state index contributed by atoms with van der Waals surface area (Å²) in [7, 11) is 1.48. The standard InChI is InChI=1S/C13H11BrN2O4/c1-20-12-4-3-11(16(18)19)6-9(12)7-15-8-10(14)2-5-13(15)17/h2-6,8H,7H2,1H3. The van der Waals surface area contributed by atoms with E-state index in [9.17, 15) is 14.9 Å². The Morgan fingerprint density at radius 1 is 1.35 bits per heavy atom. The van der Waals surface area contributed by atoms with Gasteiger partial charge >= 0.3 is 0 Å². The van der Waals surface area contributed by atoms with E-state index in [0.29, 0.717) is 11.3 Å². The molecule has 1 aromatic carbocycles. The van der Waals surface area contributed by atoms with Gasteiger partial charge in [0.2, 0.25) is 0 Å². The first-order valence-electron chi connectivity index (χ1n) is 5.68. The van der Waals surface area contributed by atoms with E-state index in [4.69, 9.17) is 4.74 Å². The lowest BCUT2D eigenvalue weighted by atomic mass is 10.1. The summed E-state index contributed by atoms with van der Waals surface area (Å²) < 4.78 is 7.37. The van der Waals surface area contributed by atoms with Gasteiger partial charge in [-0.25, -0.2) is 0 Å². The number of ether oxygens (including phenoxy) is 1. The van der Waals surface area contributed by atoms with Gasteiger partial charge in [0.25, 0.3) is 11.2 Å². The lowest BCUT2D eigenvalue weighted by Gasteiger charge is -2.10. The van der Waals surface area contributed by atoms with Crippen molar-refractivity contribution in [3.8, 4) is 5.75 Å². The van der Waals surface area contributed by atoms with Crippen LogP contribution >= 0.6 is 15.9 Å². The van der Waals surface area contributed by atoms with Crippen LogP contribution in [-0.4, -0.2) is 16.6 Å². The summed E-state index contributed by atoms with van der Waals surface area (Å²) in [5.74, 6) is 0.502. The SMILES string of the molecule is COc1ccc([N+](=O)[O-])cc1Cn1cc(Br)ccc1=O. The second-order valence-electron chi connectivity index (χ2n) is 4.07. The van der Waals surface area contributed by atoms with Gasteiger partial charge in [-0.2, -0.15) is 0 Å². The van der Waals surface area contributed by atoms with Crippen LogP contribution in [0.1, 0.15) is 5.56 Å². The van der Waals surface area contributed by atoms with Crippen molar-refractivity contribution in [1.29, 1.82) is 0 Å². The summed E-state index contributed by atoms with van der Waals surface area (Å²) in [6, 6.07) is 7.37. The third-order valence-electron chi connectivity index (χ3n) is 2.76. The fourth-order valence-electron chi connectivity index (χ4n) is 1.81. The third-order valence-corrected chi connectivity index (χ3v) is 3.23. The zero-order valence-corrected chi connectivity index (χ0v) is 12.2. The number of non-ortho nitro benzene ring substituents is 1. The van der Waals surface area contributed by atoms with E-state index in [1.807, 2.05) is 0 Å². The van der Waals surface area contributed by atoms with E-state index in [0.717, 1.165) is 4.47 Å². The molecule has 0 unspecified atom stereocenters. The molecule has 0 amide bonds. The van der Waals surface area contributed by atoms with Gasteiger partial charge in [0.15, 0.2) is 0 Å². The minimum Gasteiger partial charge on any atom is -0.496 e. The minimum absolute atomic E-state index is 0.0381. The second kappa shape index (κ2) is 5.87. The molecule has 1 aromatic heterocycles. The van der Waals surface area contributed by atoms with Gasteiger partial charge < -0.3 is 9.30 Å². The zero-order valence-electron chi connectivity index (χ0n) is 10.6. The molecule has 2 aromatic rings. The van der Waals surface area contributed by atoms with Crippen LogP contribution in [-0.2, 0) is 6.54 Å². The molecule has 0 saturated heterocycles. The van der Waals surface area contributed by atoms with Crippen LogP contribution in [0.4, 0.5) is 5.69 Å². The molecule has 0 N–H and O–H groups in total. The number of benzene rings is 1. The van der Waals surface area contributed by atoms with Crippen molar-refractivity contribution in [3.63, 3.8) is 0 Å². The van der Waals surface area contributed by atoms with Gasteiger partial charge in [-0.15, -0.1) is 0 Å². The number of hydrogen-bond acceptors (Lipinski definition) is 4. The summed E-state index contributed by atoms with van der Waals surface area (Å²) in [6.45, 7) is 0.198. The molecular weight excluding hydrogens is 328 g/mol. The summed E-state index contributed by atoms with van der Waals surface area (Å²) >= 11 is 3.28. The number of aromatic nitrogens is 1. The molecule has 0 atom stereocenters. The number of nitro groups is 1. The number of nitro benzene ring substituents is 1. The fourth-order valence-corrected chi connectivity index (χ4v) is 2.19. The first-order valence-corrected chi connectivity index (χ1v) is 6.48. The van der Waals surface area contributed by atoms with Crippen molar-refractivity contribution in [2.45, 2.75) is 6.54 Å². The highest BCUT2D eigenvalue weighted by Gasteiger charge is 2.12. The molecule has 0 aliphatic rings. The van der Waals surface area contributed by atoms with Gasteiger partial charge in [-0.1, -0.05) is 0 Å². The van der Waals surface area contributed by atoms with Crippen molar-refractivity contribution in [2.24, 2.45) is 0 Å². The molecule has 7 heteroatoms. The number of pyridine rings is 1. The first kappa shape index (κ1) is 14.3. The maximum Gasteiger partial charge on any atom is 0.270 e. The van der Waals surface area contributed by atoms with E-state index >= 15 is 0 Å². The topological polar surface area (TPSA) is 74.4 Å². The largest absolute Gasteiger partial charge is 0.496 e. The number of hydrogen-bond donors (Lipinski definition) is 0. The Hall–Kier alpha value is -2.15. The van der Waals surface area contributed by atoms with Gasteiger partial charge in [0.1, 0.15) is 5.75 Å². The molecule has 0 spiro atoms. The second-order valence-corrected chi connectivity index (χ2v) is 4.98. The van der Waals surface area contributed by atoms with E-state index in [-0.39, 0.29) is 17.8 Å². The lowest BCUT2D eigenvalue weighted by Crippen LogP contribution is -2.19. The molecule has 6 nitrogen and oxygen atoms in total. The Morgan fingerprint density at radius 2 is 2.10 bits per heavy atom. The molecule has 1 heterocycles. The summed E-state index contributed by atoms with van der Waals surface area (Å²) in [6.07, 6.45) is 1.63. The van der Waals surface area contributed by atoms with Crippen LogP contribution < -0.4 is 10.3 Å². The number of methoxy groups -OCH3 is 1. The van der Waals surface area contributed by atoms with E-state index in [1.165, 1.54) is 35.9 Å². The Kier molecular flexibility index (Phi) is 4.19. The van der Waals surface area contributed by atoms with Crippen LogP contribution in [0.3, 0.4) is 0 Å². The van der Waals surface area contributed by atoms with Gasteiger partial charge in [-0.05, 0) is 28.1 Å². The smallest absolute Gasteiger partial charge is 0.270 e. The third kappa shape index (κ3) is 3.05. The molecule has 20 heavy (non-hydrogen) atoms. The summed E-state index contributed by atoms with van der Waals surface area (Å²) in [5, 5.41) is 10.8. The highest BCUT2D eigenvalue weighted by atomic mass is 79.9. The molecule has 0 aliphatic carbocycles. The van der Waals surface area contributed by atoms with E-state index < -0.39 is 4.92 Å². The van der Waals surface area contributed by atoms with Gasteiger partial charge in [0.05, 0.1) is 18.6 Å². The molecule has 0 aliphatic heterocycles. The van der Waals surface area contributed by atoms with Crippen LogP contribution in [0.15, 0.2) is 45.8 Å². The quantitative estimate of drug-likeness (QED) is 0.634. The van der Waals surface area contributed by atoms with Crippen molar-refractivity contribution < 1.29 is 9.66 Å². The molecular formula is C13H11BrN2O4. The number of nitrogens with zero attached hydrogens (tertiary/aromatic N) is 2. The molecule has 104 valence electrons. The maximum absolute atomic E-state index is 11.8. The first-order chi connectivity index (χ1) is 9.51. The van der Waals surface area contributed by atoms with Crippen LogP contribution in [0.25, 0.3) is 0 Å². The average molecular weight is 339 g/mol. The maximum atomic E-state index is 11.8. The summed E-state index contributed by atoms with van der Waals surface area (Å²) in [4.78, 5) is 22.1. The molecule has 2 rings (SSSR count). The van der Waals surface area contributed by atoms with Crippen molar-refractivity contribution in [3.05, 3.63) is 67.0 Å². The summed E-state index contributed by atoms with van der Waals surface area (Å²) in [5.41, 5.74) is 0.340. The predicted molar refractivity (Wildman–Crippen MR) is 77.2 cm³/mol. The van der Waals surface area contributed by atoms with E-state index in [1.54, 1.807) is 12.3 Å². The van der Waals surface area contributed by atoms with Crippen LogP contribution in [0.5, 0.6) is 5.75 Å². The van der Waals surface area contributed by atoms with Crippen molar-refractivity contribution >= 4 is 21.6 Å². The minimum atomic E-state index is -0.480. The van der Waals surface area contributed by atoms with E-state index in [2.05, 4.69) is 15.9 Å². The lowest BCUT2D eigenvalue weighted by molar-refractivity contribution is -0.384. The Bertz CT molecular complexity index is 712. The Balaban J connectivity index is 2.46. The Morgan fingerprint density at radius 3 is 2.75 bits per heavy atom. The zero-order chi connectivity index (χ0) is 14.7. The normalized spacial score (nSPS) is 10.3. The van der Waals surface area contributed by atoms with Crippen LogP contribution in [0, 0.1) is 10.1 Å². The highest BCUT2D eigenvalue weighted by molar-refractivity contribution is 9.10. The van der Waals surface area contributed by atoms with Crippen LogP contribution in [0.2, 0.25) is 0 Å². The monoisotopic (exact) mass is 338 g/mol. The highest BCUT2D eigenvalue weighted by Crippen LogP contribution is 2.24. The molecule has 0 radical (unpaired) electrons. The van der Waals surface area contributed by atoms with Crippen molar-refractivity contribution in [2.75, 3.05) is 7.11 Å². The number of halogens is 1. The predicted octanol–water partition coefficient (Wildman–Crippen LogP) is 2.58. The Labute approximate surface area is 122 Å². The van der Waals surface area contributed by atoms with Crippen molar-refractivity contribution in [1.82, 2.24) is 4.57 Å². The fraction of sp³-hybridized carbons (Fsp3) is 0.154. The average Bonchev–Trinajstić information content (AvgIpc) is 2.42. The van der Waals surface area contributed by atoms with Gasteiger partial charge in [0, 0.05) is 34.4 Å². The number of rotatable bonds is 4. The van der Waals surface area contributed by atoms with Gasteiger partial charge in [-0.3, -0.25) is 14.9 Å².